The molecule has 1 unspecified atom stereocenters. The number of hydrazine groups is 1. The van der Waals surface area contributed by atoms with Gasteiger partial charge < -0.3 is 0 Å². The summed E-state index contributed by atoms with van der Waals surface area (Å²) in [5.41, 5.74) is 1.38. The highest BCUT2D eigenvalue weighted by molar-refractivity contribution is 5.36. The first kappa shape index (κ1) is 15.4. The summed E-state index contributed by atoms with van der Waals surface area (Å²) in [7, 11) is 0. The van der Waals surface area contributed by atoms with Crippen molar-refractivity contribution in [1.82, 2.24) is 5.43 Å². The molecule has 3 N–H and O–H groups in total. The molecular weight excluding hydrogens is 291 g/mol. The Bertz CT molecular complexity index is 630. The molecule has 0 saturated heterocycles. The summed E-state index contributed by atoms with van der Waals surface area (Å²) in [5, 5.41) is 0. The van der Waals surface area contributed by atoms with Gasteiger partial charge in [0.1, 0.15) is 0 Å². The first-order chi connectivity index (χ1) is 9.88. The predicted octanol–water partition coefficient (Wildman–Crippen LogP) is 3.24. The summed E-state index contributed by atoms with van der Waals surface area (Å²) in [5.74, 6) is -1.73. The van der Waals surface area contributed by atoms with E-state index in [9.17, 15) is 22.0 Å². The lowest BCUT2D eigenvalue weighted by Crippen LogP contribution is -2.31. The van der Waals surface area contributed by atoms with E-state index in [0.29, 0.717) is 6.07 Å². The Morgan fingerprint density at radius 2 is 1.33 bits per heavy atom. The lowest BCUT2D eigenvalue weighted by Gasteiger charge is -2.19. The maximum atomic E-state index is 13.9. The molecule has 0 fully saturated rings. The van der Waals surface area contributed by atoms with Gasteiger partial charge in [0.2, 0.25) is 0 Å². The minimum atomic E-state index is -1.71. The summed E-state index contributed by atoms with van der Waals surface area (Å²) in [6, 6.07) is 2.69. The fraction of sp³-hybridized carbons (Fsp3) is 0.143. The molecule has 7 heteroatoms. The van der Waals surface area contributed by atoms with Gasteiger partial charge in [-0.25, -0.2) is 27.4 Å². The van der Waals surface area contributed by atoms with Crippen molar-refractivity contribution in [3.05, 3.63) is 70.0 Å². The second-order valence-electron chi connectivity index (χ2n) is 4.46. The average molecular weight is 302 g/mol. The minimum absolute atomic E-state index is 0.0535. The molecule has 0 spiro atoms. The highest BCUT2D eigenvalue weighted by atomic mass is 19.2. The van der Waals surface area contributed by atoms with E-state index in [2.05, 4.69) is 5.43 Å². The molecule has 2 rings (SSSR count). The zero-order valence-corrected chi connectivity index (χ0v) is 10.9. The number of hydrogen-bond acceptors (Lipinski definition) is 2. The second-order valence-corrected chi connectivity index (χ2v) is 4.46. The van der Waals surface area contributed by atoms with Crippen LogP contribution in [-0.2, 0) is 0 Å². The topological polar surface area (TPSA) is 38.0 Å². The second kappa shape index (κ2) is 5.79. The van der Waals surface area contributed by atoms with E-state index in [1.54, 1.807) is 0 Å². The number of aryl methyl sites for hydroxylation is 1. The Hall–Kier alpha value is -1.99. The van der Waals surface area contributed by atoms with Crippen LogP contribution >= 0.6 is 0 Å². The van der Waals surface area contributed by atoms with Gasteiger partial charge in [-0.05, 0) is 18.6 Å². The van der Waals surface area contributed by atoms with Gasteiger partial charge in [-0.2, -0.15) is 0 Å². The van der Waals surface area contributed by atoms with Crippen LogP contribution in [0.25, 0.3) is 0 Å². The van der Waals surface area contributed by atoms with E-state index >= 15 is 0 Å². The first-order valence-electron chi connectivity index (χ1n) is 5.92. The number of benzene rings is 2. The van der Waals surface area contributed by atoms with Crippen LogP contribution in [0.1, 0.15) is 22.7 Å². The third kappa shape index (κ3) is 2.62. The molecule has 21 heavy (non-hydrogen) atoms. The Balaban J connectivity index is 2.61. The van der Waals surface area contributed by atoms with Crippen LogP contribution in [0.4, 0.5) is 22.0 Å². The van der Waals surface area contributed by atoms with Gasteiger partial charge in [0.15, 0.2) is 29.1 Å². The number of hydrogen-bond donors (Lipinski definition) is 2. The van der Waals surface area contributed by atoms with Crippen LogP contribution in [0, 0.1) is 36.0 Å². The van der Waals surface area contributed by atoms with Crippen molar-refractivity contribution < 1.29 is 22.0 Å². The van der Waals surface area contributed by atoms with Crippen LogP contribution in [-0.4, -0.2) is 0 Å². The molecular formula is C14H11F5N2. The molecule has 0 aliphatic rings. The van der Waals surface area contributed by atoms with Gasteiger partial charge in [0.25, 0.3) is 0 Å². The molecule has 2 aromatic rings. The van der Waals surface area contributed by atoms with E-state index < -0.39 is 40.7 Å². The summed E-state index contributed by atoms with van der Waals surface area (Å²) in [6.07, 6.45) is 0. The molecule has 0 aromatic heterocycles. The summed E-state index contributed by atoms with van der Waals surface area (Å²) >= 11 is 0. The third-order valence-corrected chi connectivity index (χ3v) is 3.16. The fourth-order valence-corrected chi connectivity index (χ4v) is 1.99. The maximum absolute atomic E-state index is 13.9. The summed E-state index contributed by atoms with van der Waals surface area (Å²) in [6.45, 7) is 1.35. The Morgan fingerprint density at radius 3 is 1.90 bits per heavy atom. The maximum Gasteiger partial charge on any atom is 0.194 e. The molecule has 2 aromatic carbocycles. The van der Waals surface area contributed by atoms with E-state index in [1.807, 2.05) is 0 Å². The quantitative estimate of drug-likeness (QED) is 0.395. The van der Waals surface area contributed by atoms with Crippen molar-refractivity contribution in [3.63, 3.8) is 0 Å². The molecule has 0 radical (unpaired) electrons. The Kier molecular flexibility index (Phi) is 4.24. The number of nitrogens with one attached hydrogen (secondary N) is 1. The molecule has 1 atom stereocenters. The number of nitrogens with two attached hydrogens (primary N) is 1. The van der Waals surface area contributed by atoms with E-state index in [1.165, 1.54) is 19.1 Å². The molecule has 112 valence electrons. The monoisotopic (exact) mass is 302 g/mol. The van der Waals surface area contributed by atoms with Gasteiger partial charge in [0, 0.05) is 11.1 Å². The molecule has 2 nitrogen and oxygen atoms in total. The minimum Gasteiger partial charge on any atom is -0.271 e. The van der Waals surface area contributed by atoms with Gasteiger partial charge in [-0.1, -0.05) is 18.2 Å². The zero-order valence-electron chi connectivity index (χ0n) is 10.9. The third-order valence-electron chi connectivity index (χ3n) is 3.16. The Morgan fingerprint density at radius 1 is 0.810 bits per heavy atom. The Labute approximate surface area is 117 Å². The first-order valence-corrected chi connectivity index (χ1v) is 5.92. The van der Waals surface area contributed by atoms with E-state index in [-0.39, 0.29) is 11.1 Å². The van der Waals surface area contributed by atoms with Crippen LogP contribution in [0.15, 0.2) is 24.3 Å². The number of halogens is 5. The van der Waals surface area contributed by atoms with Gasteiger partial charge >= 0.3 is 0 Å². The van der Waals surface area contributed by atoms with E-state index in [4.69, 9.17) is 5.84 Å². The SMILES string of the molecule is Cc1ccc(C(NN)c2ccc(F)c(F)c2F)c(F)c1F. The molecule has 0 aliphatic carbocycles. The van der Waals surface area contributed by atoms with Crippen LogP contribution in [0.2, 0.25) is 0 Å². The van der Waals surface area contributed by atoms with E-state index in [0.717, 1.165) is 6.07 Å². The van der Waals surface area contributed by atoms with Crippen LogP contribution < -0.4 is 11.3 Å². The lowest BCUT2D eigenvalue weighted by molar-refractivity contribution is 0.428. The van der Waals surface area contributed by atoms with Crippen LogP contribution in [0.5, 0.6) is 0 Å². The smallest absolute Gasteiger partial charge is 0.194 e. The normalized spacial score (nSPS) is 12.5. The lowest BCUT2D eigenvalue weighted by atomic mass is 9.96. The van der Waals surface area contributed by atoms with Gasteiger partial charge in [-0.15, -0.1) is 0 Å². The highest BCUT2D eigenvalue weighted by Crippen LogP contribution is 2.29. The van der Waals surface area contributed by atoms with Crippen molar-refractivity contribution >= 4 is 0 Å². The predicted molar refractivity (Wildman–Crippen MR) is 66.6 cm³/mol. The van der Waals surface area contributed by atoms with Crippen molar-refractivity contribution in [2.75, 3.05) is 0 Å². The largest absolute Gasteiger partial charge is 0.271 e. The van der Waals surface area contributed by atoms with Crippen molar-refractivity contribution in [1.29, 1.82) is 0 Å². The van der Waals surface area contributed by atoms with Crippen molar-refractivity contribution in [2.24, 2.45) is 5.84 Å². The molecule has 0 bridgehead atoms. The molecule has 0 heterocycles. The van der Waals surface area contributed by atoms with Crippen molar-refractivity contribution in [2.45, 2.75) is 13.0 Å². The fourth-order valence-electron chi connectivity index (χ4n) is 1.99. The summed E-state index contributed by atoms with van der Waals surface area (Å²) in [4.78, 5) is 0. The zero-order chi connectivity index (χ0) is 15.7. The summed E-state index contributed by atoms with van der Waals surface area (Å²) < 4.78 is 67.5. The molecule has 0 amide bonds. The van der Waals surface area contributed by atoms with Gasteiger partial charge in [-0.3, -0.25) is 5.84 Å². The van der Waals surface area contributed by atoms with Crippen molar-refractivity contribution in [3.8, 4) is 0 Å². The average Bonchev–Trinajstić information content (AvgIpc) is 2.47. The standard InChI is InChI=1S/C14H11F5N2/c1-6-2-3-7(11(17)10(6)16)14(21-20)8-4-5-9(15)13(19)12(8)18/h2-5,14,21H,20H2,1H3. The molecule has 0 aliphatic heterocycles. The highest BCUT2D eigenvalue weighted by Gasteiger charge is 2.25. The number of rotatable bonds is 3. The molecule has 0 saturated carbocycles. The van der Waals surface area contributed by atoms with Gasteiger partial charge in [0.05, 0.1) is 6.04 Å². The van der Waals surface area contributed by atoms with Crippen LogP contribution in [0.3, 0.4) is 0 Å².